The summed E-state index contributed by atoms with van der Waals surface area (Å²) in [5.74, 6) is 2.33. The molecule has 1 aliphatic carbocycles. The highest BCUT2D eigenvalue weighted by molar-refractivity contribution is 5.09. The largest absolute Gasteiger partial charge is 0.339 e. The van der Waals surface area contributed by atoms with E-state index in [-0.39, 0.29) is 5.41 Å². The van der Waals surface area contributed by atoms with Gasteiger partial charge in [0.1, 0.15) is 0 Å². The van der Waals surface area contributed by atoms with E-state index < -0.39 is 0 Å². The van der Waals surface area contributed by atoms with Gasteiger partial charge >= 0.3 is 0 Å². The molecule has 4 nitrogen and oxygen atoms in total. The van der Waals surface area contributed by atoms with Crippen molar-refractivity contribution in [1.82, 2.24) is 15.5 Å². The molecule has 1 N–H and O–H groups in total. The number of hydrogen-bond acceptors (Lipinski definition) is 4. The van der Waals surface area contributed by atoms with Gasteiger partial charge in [-0.25, -0.2) is 0 Å². The van der Waals surface area contributed by atoms with Crippen molar-refractivity contribution in [1.29, 1.82) is 0 Å². The van der Waals surface area contributed by atoms with Crippen molar-refractivity contribution in [3.05, 3.63) is 11.7 Å². The average molecular weight is 263 g/mol. The fourth-order valence-electron chi connectivity index (χ4n) is 3.36. The van der Waals surface area contributed by atoms with Gasteiger partial charge in [0.25, 0.3) is 0 Å². The third-order valence-electron chi connectivity index (χ3n) is 4.80. The average Bonchev–Trinajstić information content (AvgIpc) is 2.98. The summed E-state index contributed by atoms with van der Waals surface area (Å²) in [6.07, 6.45) is 10.3. The van der Waals surface area contributed by atoms with Crippen LogP contribution in [0.25, 0.3) is 0 Å². The van der Waals surface area contributed by atoms with Gasteiger partial charge in [0.2, 0.25) is 5.89 Å². The fourth-order valence-corrected chi connectivity index (χ4v) is 3.36. The molecule has 1 unspecified atom stereocenters. The minimum Gasteiger partial charge on any atom is -0.339 e. The first-order valence-electron chi connectivity index (χ1n) is 7.83. The second-order valence-corrected chi connectivity index (χ2v) is 6.49. The Morgan fingerprint density at radius 3 is 2.58 bits per heavy atom. The van der Waals surface area contributed by atoms with Crippen molar-refractivity contribution in [2.24, 2.45) is 0 Å². The molecule has 2 aliphatic rings. The van der Waals surface area contributed by atoms with Crippen LogP contribution in [0.4, 0.5) is 0 Å². The number of nitrogens with zero attached hydrogens (tertiary/aromatic N) is 2. The topological polar surface area (TPSA) is 51.0 Å². The molecule has 1 saturated heterocycles. The molecule has 106 valence electrons. The summed E-state index contributed by atoms with van der Waals surface area (Å²) < 4.78 is 5.58. The van der Waals surface area contributed by atoms with Gasteiger partial charge < -0.3 is 9.84 Å². The van der Waals surface area contributed by atoms with E-state index in [0.29, 0.717) is 5.92 Å². The molecule has 1 atom stereocenters. The second-order valence-electron chi connectivity index (χ2n) is 6.49. The zero-order valence-corrected chi connectivity index (χ0v) is 12.0. The van der Waals surface area contributed by atoms with Gasteiger partial charge in [-0.05, 0) is 32.7 Å². The van der Waals surface area contributed by atoms with E-state index >= 15 is 0 Å². The highest BCUT2D eigenvalue weighted by Crippen LogP contribution is 2.33. The first-order chi connectivity index (χ1) is 9.28. The molecule has 4 heteroatoms. The van der Waals surface area contributed by atoms with Crippen LogP contribution in [-0.2, 0) is 5.41 Å². The third-order valence-corrected chi connectivity index (χ3v) is 4.80. The molecule has 2 fully saturated rings. The van der Waals surface area contributed by atoms with Gasteiger partial charge in [-0.1, -0.05) is 37.3 Å². The zero-order chi connectivity index (χ0) is 13.1. The molecule has 3 rings (SSSR count). The second kappa shape index (κ2) is 5.61. The molecule has 19 heavy (non-hydrogen) atoms. The van der Waals surface area contributed by atoms with E-state index in [4.69, 9.17) is 9.51 Å². The molecule has 0 spiro atoms. The summed E-state index contributed by atoms with van der Waals surface area (Å²) in [6, 6.07) is 0. The van der Waals surface area contributed by atoms with Crippen LogP contribution >= 0.6 is 0 Å². The van der Waals surface area contributed by atoms with Gasteiger partial charge in [-0.2, -0.15) is 4.98 Å². The SMILES string of the molecule is CC1(c2nc(C3CCCCCCC3)no2)CCNC1. The van der Waals surface area contributed by atoms with E-state index in [2.05, 4.69) is 17.4 Å². The lowest BCUT2D eigenvalue weighted by molar-refractivity contribution is 0.302. The molecule has 0 bridgehead atoms. The van der Waals surface area contributed by atoms with Gasteiger partial charge in [0, 0.05) is 12.5 Å². The minimum atomic E-state index is 0.0485. The van der Waals surface area contributed by atoms with Crippen LogP contribution in [0.5, 0.6) is 0 Å². The number of nitrogens with one attached hydrogen (secondary N) is 1. The van der Waals surface area contributed by atoms with Crippen molar-refractivity contribution in [3.8, 4) is 0 Å². The lowest BCUT2D eigenvalue weighted by Gasteiger charge is -2.17. The normalized spacial score (nSPS) is 30.2. The number of hydrogen-bond donors (Lipinski definition) is 1. The van der Waals surface area contributed by atoms with E-state index in [1.165, 1.54) is 44.9 Å². The maximum absolute atomic E-state index is 5.58. The highest BCUT2D eigenvalue weighted by Gasteiger charge is 2.36. The summed E-state index contributed by atoms with van der Waals surface area (Å²) in [4.78, 5) is 4.74. The van der Waals surface area contributed by atoms with Crippen LogP contribution < -0.4 is 5.32 Å². The van der Waals surface area contributed by atoms with Crippen LogP contribution in [0.3, 0.4) is 0 Å². The molecule has 2 heterocycles. The maximum atomic E-state index is 5.58. The van der Waals surface area contributed by atoms with Gasteiger partial charge in [0.05, 0.1) is 5.41 Å². The summed E-state index contributed by atoms with van der Waals surface area (Å²) in [5.41, 5.74) is 0.0485. The Hall–Kier alpha value is -0.900. The van der Waals surface area contributed by atoms with E-state index in [9.17, 15) is 0 Å². The Morgan fingerprint density at radius 2 is 1.89 bits per heavy atom. The lowest BCUT2D eigenvalue weighted by atomic mass is 9.89. The molecule has 0 radical (unpaired) electrons. The highest BCUT2D eigenvalue weighted by atomic mass is 16.5. The van der Waals surface area contributed by atoms with Crippen LogP contribution in [0.1, 0.15) is 75.9 Å². The Balaban J connectivity index is 1.72. The van der Waals surface area contributed by atoms with E-state index in [1.807, 2.05) is 0 Å². The quantitative estimate of drug-likeness (QED) is 0.890. The molecular formula is C15H25N3O. The first-order valence-corrected chi connectivity index (χ1v) is 7.83. The molecule has 0 aromatic carbocycles. The van der Waals surface area contributed by atoms with Crippen LogP contribution in [0.15, 0.2) is 4.52 Å². The maximum Gasteiger partial charge on any atom is 0.233 e. The predicted octanol–water partition coefficient (Wildman–Crippen LogP) is 3.15. The standard InChI is InChI=1S/C15H25N3O/c1-15(9-10-16-11-15)14-17-13(18-19-14)12-7-5-3-2-4-6-8-12/h12,16H,2-11H2,1H3. The fraction of sp³-hybridized carbons (Fsp3) is 0.867. The molecular weight excluding hydrogens is 238 g/mol. The lowest BCUT2D eigenvalue weighted by Crippen LogP contribution is -2.25. The summed E-state index contributed by atoms with van der Waals surface area (Å²) >= 11 is 0. The molecule has 1 aromatic heterocycles. The first kappa shape index (κ1) is 13.1. The Bertz CT molecular complexity index is 401. The monoisotopic (exact) mass is 263 g/mol. The zero-order valence-electron chi connectivity index (χ0n) is 12.0. The molecule has 1 saturated carbocycles. The Morgan fingerprint density at radius 1 is 1.16 bits per heavy atom. The van der Waals surface area contributed by atoms with Gasteiger partial charge in [-0.15, -0.1) is 0 Å². The van der Waals surface area contributed by atoms with Crippen molar-refractivity contribution >= 4 is 0 Å². The van der Waals surface area contributed by atoms with Crippen molar-refractivity contribution in [2.45, 2.75) is 69.6 Å². The Labute approximate surface area is 115 Å². The number of aromatic nitrogens is 2. The molecule has 1 aromatic rings. The van der Waals surface area contributed by atoms with Crippen molar-refractivity contribution < 1.29 is 4.52 Å². The van der Waals surface area contributed by atoms with Crippen LogP contribution in [0, 0.1) is 0 Å². The van der Waals surface area contributed by atoms with Crippen molar-refractivity contribution in [2.75, 3.05) is 13.1 Å². The van der Waals surface area contributed by atoms with Crippen LogP contribution in [-0.4, -0.2) is 23.2 Å². The van der Waals surface area contributed by atoms with Gasteiger partial charge in [0.15, 0.2) is 5.82 Å². The predicted molar refractivity (Wildman–Crippen MR) is 74.2 cm³/mol. The minimum absolute atomic E-state index is 0.0485. The summed E-state index contributed by atoms with van der Waals surface area (Å²) in [6.45, 7) is 4.24. The summed E-state index contributed by atoms with van der Waals surface area (Å²) in [7, 11) is 0. The smallest absolute Gasteiger partial charge is 0.233 e. The van der Waals surface area contributed by atoms with E-state index in [1.54, 1.807) is 0 Å². The molecule has 1 aliphatic heterocycles. The third kappa shape index (κ3) is 2.83. The summed E-state index contributed by atoms with van der Waals surface area (Å²) in [5, 5.41) is 7.68. The van der Waals surface area contributed by atoms with Crippen LogP contribution in [0.2, 0.25) is 0 Å². The van der Waals surface area contributed by atoms with Gasteiger partial charge in [-0.3, -0.25) is 0 Å². The molecule has 0 amide bonds. The Kier molecular flexibility index (Phi) is 3.87. The van der Waals surface area contributed by atoms with E-state index in [0.717, 1.165) is 31.2 Å². The van der Waals surface area contributed by atoms with Crippen molar-refractivity contribution in [3.63, 3.8) is 0 Å². The number of rotatable bonds is 2.